The van der Waals surface area contributed by atoms with Crippen LogP contribution in [0, 0.1) is 5.92 Å². The fourth-order valence-electron chi connectivity index (χ4n) is 2.24. The van der Waals surface area contributed by atoms with E-state index in [1.807, 2.05) is 0 Å². The minimum absolute atomic E-state index is 0.515. The van der Waals surface area contributed by atoms with Gasteiger partial charge in [0.15, 0.2) is 5.96 Å². The predicted molar refractivity (Wildman–Crippen MR) is 60.9 cm³/mol. The van der Waals surface area contributed by atoms with Crippen molar-refractivity contribution < 1.29 is 5.11 Å². The summed E-state index contributed by atoms with van der Waals surface area (Å²) in [5.41, 5.74) is -0.515. The van der Waals surface area contributed by atoms with E-state index in [0.717, 1.165) is 50.7 Å². The molecule has 1 aliphatic carbocycles. The van der Waals surface area contributed by atoms with Gasteiger partial charge in [-0.2, -0.15) is 0 Å². The first-order chi connectivity index (χ1) is 7.18. The molecule has 1 fully saturated rings. The molecular weight excluding hydrogens is 190 g/mol. The van der Waals surface area contributed by atoms with Crippen LogP contribution >= 0.6 is 0 Å². The summed E-state index contributed by atoms with van der Waals surface area (Å²) in [7, 11) is 0. The molecule has 0 radical (unpaired) electrons. The van der Waals surface area contributed by atoms with Gasteiger partial charge in [0, 0.05) is 13.1 Å². The third-order valence-corrected chi connectivity index (χ3v) is 3.46. The van der Waals surface area contributed by atoms with E-state index in [9.17, 15) is 5.11 Å². The summed E-state index contributed by atoms with van der Waals surface area (Å²) < 4.78 is 0. The summed E-state index contributed by atoms with van der Waals surface area (Å²) >= 11 is 0. The van der Waals surface area contributed by atoms with Crippen molar-refractivity contribution in [3.63, 3.8) is 0 Å². The normalized spacial score (nSPS) is 35.9. The summed E-state index contributed by atoms with van der Waals surface area (Å²) in [6.45, 7) is 4.65. The highest BCUT2D eigenvalue weighted by Gasteiger charge is 2.31. The number of aliphatic imine (C=N–C) groups is 1. The lowest BCUT2D eigenvalue weighted by molar-refractivity contribution is -0.00259. The maximum absolute atomic E-state index is 10.3. The molecule has 0 spiro atoms. The van der Waals surface area contributed by atoms with Crippen molar-refractivity contribution in [3.05, 3.63) is 0 Å². The van der Waals surface area contributed by atoms with Crippen molar-refractivity contribution in [2.75, 3.05) is 19.6 Å². The Morgan fingerprint density at radius 2 is 2.27 bits per heavy atom. The number of rotatable bonds is 2. The minimum Gasteiger partial charge on any atom is -0.388 e. The van der Waals surface area contributed by atoms with Gasteiger partial charge in [-0.05, 0) is 31.6 Å². The van der Waals surface area contributed by atoms with E-state index in [1.165, 1.54) is 0 Å². The van der Waals surface area contributed by atoms with Crippen molar-refractivity contribution >= 4 is 5.96 Å². The van der Waals surface area contributed by atoms with Crippen molar-refractivity contribution in [1.29, 1.82) is 0 Å². The molecule has 0 amide bonds. The Bertz CT molecular complexity index is 244. The van der Waals surface area contributed by atoms with Crippen LogP contribution in [-0.4, -0.2) is 36.3 Å². The molecule has 0 atom stereocenters. The molecule has 1 saturated carbocycles. The van der Waals surface area contributed by atoms with E-state index in [2.05, 4.69) is 22.5 Å². The van der Waals surface area contributed by atoms with Gasteiger partial charge in [0.25, 0.3) is 0 Å². The van der Waals surface area contributed by atoms with Crippen molar-refractivity contribution in [2.24, 2.45) is 10.9 Å². The van der Waals surface area contributed by atoms with Crippen LogP contribution in [0.3, 0.4) is 0 Å². The van der Waals surface area contributed by atoms with Crippen molar-refractivity contribution in [3.8, 4) is 0 Å². The van der Waals surface area contributed by atoms with Gasteiger partial charge in [0.1, 0.15) is 0 Å². The van der Waals surface area contributed by atoms with Gasteiger partial charge in [0.2, 0.25) is 0 Å². The summed E-state index contributed by atoms with van der Waals surface area (Å²) in [6.07, 6.45) is 4.10. The average molecular weight is 211 g/mol. The molecule has 2 aliphatic rings. The Kier molecular flexibility index (Phi) is 3.14. The lowest BCUT2D eigenvalue weighted by Crippen LogP contribution is -2.47. The molecule has 4 nitrogen and oxygen atoms in total. The molecule has 0 aromatic heterocycles. The SMILES string of the molecule is CC1CCC(O)(CNC2=NCCN2)CC1. The van der Waals surface area contributed by atoms with E-state index in [4.69, 9.17) is 0 Å². The Balaban J connectivity index is 1.77. The molecule has 4 heteroatoms. The largest absolute Gasteiger partial charge is 0.388 e. The highest BCUT2D eigenvalue weighted by atomic mass is 16.3. The van der Waals surface area contributed by atoms with Gasteiger partial charge in [-0.3, -0.25) is 4.99 Å². The molecule has 3 N–H and O–H groups in total. The lowest BCUT2D eigenvalue weighted by atomic mass is 9.79. The molecule has 0 aromatic carbocycles. The zero-order chi connectivity index (χ0) is 10.7. The zero-order valence-corrected chi connectivity index (χ0v) is 9.42. The van der Waals surface area contributed by atoms with E-state index < -0.39 is 5.60 Å². The fraction of sp³-hybridized carbons (Fsp3) is 0.909. The van der Waals surface area contributed by atoms with Gasteiger partial charge in [-0.25, -0.2) is 0 Å². The summed E-state index contributed by atoms with van der Waals surface area (Å²) in [4.78, 5) is 4.25. The van der Waals surface area contributed by atoms with Crippen LogP contribution < -0.4 is 10.6 Å². The van der Waals surface area contributed by atoms with Gasteiger partial charge in [0.05, 0.1) is 12.1 Å². The highest BCUT2D eigenvalue weighted by molar-refractivity contribution is 5.81. The predicted octanol–water partition coefficient (Wildman–Crippen LogP) is 0.476. The standard InChI is InChI=1S/C11H21N3O/c1-9-2-4-11(15,5-3-9)8-14-10-12-6-7-13-10/h9,15H,2-8H2,1H3,(H2,12,13,14). The van der Waals surface area contributed by atoms with Gasteiger partial charge >= 0.3 is 0 Å². The maximum atomic E-state index is 10.3. The van der Waals surface area contributed by atoms with Crippen LogP contribution in [0.5, 0.6) is 0 Å². The molecule has 1 heterocycles. The summed E-state index contributed by atoms with van der Waals surface area (Å²) in [6, 6.07) is 0. The van der Waals surface area contributed by atoms with Crippen molar-refractivity contribution in [2.45, 2.75) is 38.2 Å². The average Bonchev–Trinajstić information content (AvgIpc) is 2.73. The van der Waals surface area contributed by atoms with Crippen LogP contribution in [0.15, 0.2) is 4.99 Å². The quantitative estimate of drug-likeness (QED) is 0.622. The molecule has 0 saturated heterocycles. The molecule has 0 aromatic rings. The first-order valence-corrected chi connectivity index (χ1v) is 5.93. The van der Waals surface area contributed by atoms with Gasteiger partial charge < -0.3 is 15.7 Å². The van der Waals surface area contributed by atoms with Crippen LogP contribution in [0.4, 0.5) is 0 Å². The molecule has 86 valence electrons. The molecule has 1 aliphatic heterocycles. The van der Waals surface area contributed by atoms with Gasteiger partial charge in [-0.1, -0.05) is 6.92 Å². The molecule has 2 rings (SSSR count). The molecule has 15 heavy (non-hydrogen) atoms. The second-order valence-corrected chi connectivity index (χ2v) is 4.92. The van der Waals surface area contributed by atoms with Crippen LogP contribution in [-0.2, 0) is 0 Å². The number of hydrogen-bond donors (Lipinski definition) is 3. The van der Waals surface area contributed by atoms with Crippen molar-refractivity contribution in [1.82, 2.24) is 10.6 Å². The van der Waals surface area contributed by atoms with E-state index in [-0.39, 0.29) is 0 Å². The Morgan fingerprint density at radius 1 is 1.53 bits per heavy atom. The van der Waals surface area contributed by atoms with Crippen LogP contribution in [0.25, 0.3) is 0 Å². The Hall–Kier alpha value is -0.770. The number of nitrogens with zero attached hydrogens (tertiary/aromatic N) is 1. The maximum Gasteiger partial charge on any atom is 0.191 e. The lowest BCUT2D eigenvalue weighted by Gasteiger charge is -2.35. The highest BCUT2D eigenvalue weighted by Crippen LogP contribution is 2.31. The van der Waals surface area contributed by atoms with E-state index >= 15 is 0 Å². The Labute approximate surface area is 91.2 Å². The molecule has 0 unspecified atom stereocenters. The first-order valence-electron chi connectivity index (χ1n) is 5.93. The summed E-state index contributed by atoms with van der Waals surface area (Å²) in [5, 5.41) is 16.6. The third kappa shape index (κ3) is 2.84. The molecule has 0 bridgehead atoms. The first kappa shape index (κ1) is 10.7. The monoisotopic (exact) mass is 211 g/mol. The smallest absolute Gasteiger partial charge is 0.191 e. The number of guanidine groups is 1. The second kappa shape index (κ2) is 4.39. The van der Waals surface area contributed by atoms with Crippen LogP contribution in [0.1, 0.15) is 32.6 Å². The van der Waals surface area contributed by atoms with Gasteiger partial charge in [-0.15, -0.1) is 0 Å². The minimum atomic E-state index is -0.515. The fourth-order valence-corrected chi connectivity index (χ4v) is 2.24. The summed E-state index contributed by atoms with van der Waals surface area (Å²) in [5.74, 6) is 1.62. The zero-order valence-electron chi connectivity index (χ0n) is 9.42. The van der Waals surface area contributed by atoms with Crippen LogP contribution in [0.2, 0.25) is 0 Å². The number of nitrogens with one attached hydrogen (secondary N) is 2. The number of aliphatic hydroxyl groups is 1. The van der Waals surface area contributed by atoms with E-state index in [1.54, 1.807) is 0 Å². The topological polar surface area (TPSA) is 56.6 Å². The Morgan fingerprint density at radius 3 is 2.87 bits per heavy atom. The number of hydrogen-bond acceptors (Lipinski definition) is 4. The third-order valence-electron chi connectivity index (χ3n) is 3.46. The molecular formula is C11H21N3O. The van der Waals surface area contributed by atoms with E-state index in [0.29, 0.717) is 6.54 Å². The second-order valence-electron chi connectivity index (χ2n) is 4.92.